The second-order valence-electron chi connectivity index (χ2n) is 5.79. The van der Waals surface area contributed by atoms with Gasteiger partial charge < -0.3 is 21.1 Å². The maximum absolute atomic E-state index is 12.1. The monoisotopic (exact) mass is 337 g/mol. The summed E-state index contributed by atoms with van der Waals surface area (Å²) in [4.78, 5) is 16.1. The molecule has 3 rings (SSSR count). The average Bonchev–Trinajstić information content (AvgIpc) is 2.94. The molecule has 0 spiro atoms. The first kappa shape index (κ1) is 16.7. The molecule has 4 N–H and O–H groups in total. The number of hydrogen-bond donors (Lipinski definition) is 4. The van der Waals surface area contributed by atoms with Gasteiger partial charge >= 0.3 is 6.03 Å². The number of nitriles is 1. The molecule has 0 radical (unpaired) electrons. The van der Waals surface area contributed by atoms with Crippen LogP contribution in [0.5, 0.6) is 0 Å². The molecule has 2 aromatic rings. The number of amides is 2. The van der Waals surface area contributed by atoms with E-state index in [1.54, 1.807) is 18.3 Å². The number of rotatable bonds is 5. The van der Waals surface area contributed by atoms with Crippen LogP contribution in [0.3, 0.4) is 0 Å². The first-order valence-corrected chi connectivity index (χ1v) is 8.08. The van der Waals surface area contributed by atoms with Gasteiger partial charge in [0.15, 0.2) is 0 Å². The van der Waals surface area contributed by atoms with Crippen molar-refractivity contribution in [2.24, 2.45) is 0 Å². The molecule has 0 bridgehead atoms. The molecule has 128 valence electrons. The number of pyridine rings is 1. The smallest absolute Gasteiger partial charge is 0.315 e. The molecule has 1 aliphatic carbocycles. The zero-order valence-electron chi connectivity index (χ0n) is 13.6. The molecule has 1 aliphatic rings. The van der Waals surface area contributed by atoms with Crippen LogP contribution in [0.2, 0.25) is 0 Å². The summed E-state index contributed by atoms with van der Waals surface area (Å²) in [5, 5.41) is 27.7. The van der Waals surface area contributed by atoms with Crippen molar-refractivity contribution in [2.45, 2.75) is 18.6 Å². The number of fused-ring (bicyclic) bond motifs is 1. The van der Waals surface area contributed by atoms with Gasteiger partial charge in [0.2, 0.25) is 0 Å². The third-order valence-electron chi connectivity index (χ3n) is 4.12. The van der Waals surface area contributed by atoms with Crippen molar-refractivity contribution in [3.05, 3.63) is 59.3 Å². The summed E-state index contributed by atoms with van der Waals surface area (Å²) in [6.45, 7) is 0.792. The summed E-state index contributed by atoms with van der Waals surface area (Å²) >= 11 is 0. The number of carbonyl (C=O) groups excluding carboxylic acids is 1. The third kappa shape index (κ3) is 3.87. The van der Waals surface area contributed by atoms with Crippen molar-refractivity contribution in [1.82, 2.24) is 15.6 Å². The molecule has 1 aromatic carbocycles. The predicted molar refractivity (Wildman–Crippen MR) is 92.9 cm³/mol. The summed E-state index contributed by atoms with van der Waals surface area (Å²) in [5.74, 6) is 0.493. The molecule has 0 unspecified atom stereocenters. The summed E-state index contributed by atoms with van der Waals surface area (Å²) < 4.78 is 0. The van der Waals surface area contributed by atoms with E-state index in [-0.39, 0.29) is 6.03 Å². The molecule has 2 amide bonds. The summed E-state index contributed by atoms with van der Waals surface area (Å²) in [7, 11) is 0. The van der Waals surface area contributed by atoms with Crippen molar-refractivity contribution in [2.75, 3.05) is 18.4 Å². The van der Waals surface area contributed by atoms with Crippen LogP contribution in [0, 0.1) is 11.3 Å². The molecule has 0 saturated carbocycles. The highest BCUT2D eigenvalue weighted by molar-refractivity contribution is 5.74. The minimum atomic E-state index is -0.618. The van der Waals surface area contributed by atoms with Gasteiger partial charge in [-0.25, -0.2) is 9.78 Å². The quantitative estimate of drug-likeness (QED) is 0.615. The summed E-state index contributed by atoms with van der Waals surface area (Å²) in [6.07, 6.45) is 1.52. The second kappa shape index (κ2) is 7.64. The zero-order valence-corrected chi connectivity index (χ0v) is 13.6. The number of nitrogens with one attached hydrogen (secondary N) is 3. The molecule has 0 aliphatic heterocycles. The molecule has 2 atom stereocenters. The van der Waals surface area contributed by atoms with Gasteiger partial charge in [-0.05, 0) is 23.3 Å². The second-order valence-corrected chi connectivity index (χ2v) is 5.79. The predicted octanol–water partition coefficient (Wildman–Crippen LogP) is 1.32. The Morgan fingerprint density at radius 2 is 2.12 bits per heavy atom. The fourth-order valence-corrected chi connectivity index (χ4v) is 2.93. The van der Waals surface area contributed by atoms with E-state index in [1.807, 2.05) is 24.3 Å². The Labute approximate surface area is 145 Å². The van der Waals surface area contributed by atoms with Gasteiger partial charge in [-0.15, -0.1) is 0 Å². The Bertz CT molecular complexity index is 802. The number of benzene rings is 1. The Kier molecular flexibility index (Phi) is 5.11. The number of hydrogen-bond acceptors (Lipinski definition) is 5. The van der Waals surface area contributed by atoms with Crippen LogP contribution in [0.1, 0.15) is 22.7 Å². The van der Waals surface area contributed by atoms with Crippen LogP contribution in [-0.4, -0.2) is 35.3 Å². The number of aromatic nitrogens is 1. The van der Waals surface area contributed by atoms with Crippen LogP contribution in [-0.2, 0) is 6.42 Å². The van der Waals surface area contributed by atoms with E-state index in [0.29, 0.717) is 30.9 Å². The van der Waals surface area contributed by atoms with E-state index in [4.69, 9.17) is 5.26 Å². The molecule has 7 heteroatoms. The van der Waals surface area contributed by atoms with Crippen molar-refractivity contribution in [3.63, 3.8) is 0 Å². The maximum Gasteiger partial charge on any atom is 0.315 e. The lowest BCUT2D eigenvalue weighted by molar-refractivity contribution is 0.142. The highest BCUT2D eigenvalue weighted by atomic mass is 16.3. The minimum Gasteiger partial charge on any atom is -0.390 e. The van der Waals surface area contributed by atoms with Gasteiger partial charge in [-0.2, -0.15) is 5.26 Å². The Balaban J connectivity index is 1.47. The summed E-state index contributed by atoms with van der Waals surface area (Å²) in [5.41, 5.74) is 2.47. The standard InChI is InChI=1S/C18H19N5O2/c19-11-13-5-3-7-20-17(13)21-8-9-22-18(25)23-16-14-6-2-1-4-12(14)10-15(16)24/h1-7,15-16,24H,8-10H2,(H,20,21)(H2,22,23,25)/t15-,16+/m1/s1. The van der Waals surface area contributed by atoms with Crippen LogP contribution >= 0.6 is 0 Å². The topological polar surface area (TPSA) is 110 Å². The lowest BCUT2D eigenvalue weighted by atomic mass is 10.1. The highest BCUT2D eigenvalue weighted by Gasteiger charge is 2.31. The molecular formula is C18H19N5O2. The Morgan fingerprint density at radius 3 is 2.96 bits per heavy atom. The number of aliphatic hydroxyl groups excluding tert-OH is 1. The number of aliphatic hydroxyl groups is 1. The van der Waals surface area contributed by atoms with Crippen molar-refractivity contribution in [1.29, 1.82) is 5.26 Å². The largest absolute Gasteiger partial charge is 0.390 e. The number of urea groups is 1. The highest BCUT2D eigenvalue weighted by Crippen LogP contribution is 2.30. The zero-order chi connectivity index (χ0) is 17.6. The summed E-state index contributed by atoms with van der Waals surface area (Å²) in [6, 6.07) is 12.4. The minimum absolute atomic E-state index is 0.343. The van der Waals surface area contributed by atoms with Crippen LogP contribution < -0.4 is 16.0 Å². The average molecular weight is 337 g/mol. The first-order valence-electron chi connectivity index (χ1n) is 8.08. The van der Waals surface area contributed by atoms with Crippen molar-refractivity contribution in [3.8, 4) is 6.07 Å². The fourth-order valence-electron chi connectivity index (χ4n) is 2.93. The van der Waals surface area contributed by atoms with Gasteiger partial charge in [-0.1, -0.05) is 24.3 Å². The van der Waals surface area contributed by atoms with E-state index in [1.165, 1.54) is 0 Å². The van der Waals surface area contributed by atoms with Crippen molar-refractivity contribution >= 4 is 11.8 Å². The Hall–Kier alpha value is -3.11. The normalized spacial score (nSPS) is 18.1. The molecule has 0 saturated heterocycles. The maximum atomic E-state index is 12.1. The number of nitrogens with zero attached hydrogens (tertiary/aromatic N) is 2. The lowest BCUT2D eigenvalue weighted by Gasteiger charge is -2.18. The fraction of sp³-hybridized carbons (Fsp3) is 0.278. The van der Waals surface area contributed by atoms with Crippen LogP contribution in [0.25, 0.3) is 0 Å². The molecular weight excluding hydrogens is 318 g/mol. The molecule has 1 heterocycles. The first-order chi connectivity index (χ1) is 12.2. The van der Waals surface area contributed by atoms with Gasteiger partial charge in [0.1, 0.15) is 11.9 Å². The van der Waals surface area contributed by atoms with E-state index in [2.05, 4.69) is 27.0 Å². The molecule has 25 heavy (non-hydrogen) atoms. The molecule has 7 nitrogen and oxygen atoms in total. The molecule has 0 fully saturated rings. The SMILES string of the molecule is N#Cc1cccnc1NCCNC(=O)N[C@H]1c2ccccc2C[C@H]1O. The third-order valence-corrected chi connectivity index (χ3v) is 4.12. The van der Waals surface area contributed by atoms with Gasteiger partial charge in [0.25, 0.3) is 0 Å². The molecule has 1 aromatic heterocycles. The van der Waals surface area contributed by atoms with Gasteiger partial charge in [0.05, 0.1) is 17.7 Å². The van der Waals surface area contributed by atoms with Crippen molar-refractivity contribution < 1.29 is 9.90 Å². The van der Waals surface area contributed by atoms with Crippen LogP contribution in [0.15, 0.2) is 42.6 Å². The number of carbonyl (C=O) groups is 1. The van der Waals surface area contributed by atoms with Gasteiger partial charge in [-0.3, -0.25) is 0 Å². The van der Waals surface area contributed by atoms with Crippen LogP contribution in [0.4, 0.5) is 10.6 Å². The Morgan fingerprint density at radius 1 is 1.28 bits per heavy atom. The number of anilines is 1. The van der Waals surface area contributed by atoms with Gasteiger partial charge in [0, 0.05) is 25.7 Å². The van der Waals surface area contributed by atoms with E-state index in [0.717, 1.165) is 11.1 Å². The lowest BCUT2D eigenvalue weighted by Crippen LogP contribution is -2.42. The van der Waals surface area contributed by atoms with E-state index in [9.17, 15) is 9.90 Å². The van der Waals surface area contributed by atoms with E-state index < -0.39 is 12.1 Å². The van der Waals surface area contributed by atoms with E-state index >= 15 is 0 Å².